The van der Waals surface area contributed by atoms with E-state index in [1.165, 1.54) is 6.08 Å². The van der Waals surface area contributed by atoms with Crippen LogP contribution in [0.4, 0.5) is 0 Å². The third-order valence-electron chi connectivity index (χ3n) is 2.50. The van der Waals surface area contributed by atoms with E-state index in [1.54, 1.807) is 6.08 Å². The normalized spacial score (nSPS) is 22.1. The standard InChI is InChI=1S/C14H18O2/c1-3-5-7-11-9-13(15)10-12(14(11)16)8-6-4-2/h5-9,12H,3-4,10H2,1-2H3. The van der Waals surface area contributed by atoms with Gasteiger partial charge in [-0.3, -0.25) is 9.59 Å². The Morgan fingerprint density at radius 2 is 1.94 bits per heavy atom. The van der Waals surface area contributed by atoms with E-state index >= 15 is 0 Å². The highest BCUT2D eigenvalue weighted by molar-refractivity contribution is 6.11. The van der Waals surface area contributed by atoms with Crippen LogP contribution >= 0.6 is 0 Å². The van der Waals surface area contributed by atoms with Crippen LogP contribution < -0.4 is 0 Å². The van der Waals surface area contributed by atoms with Gasteiger partial charge in [0.05, 0.1) is 0 Å². The zero-order valence-electron chi connectivity index (χ0n) is 9.90. The molecule has 0 saturated heterocycles. The molecular formula is C14H18O2. The molecule has 0 spiro atoms. The van der Waals surface area contributed by atoms with Crippen molar-refractivity contribution in [3.8, 4) is 0 Å². The molecule has 2 nitrogen and oxygen atoms in total. The van der Waals surface area contributed by atoms with Gasteiger partial charge in [-0.25, -0.2) is 0 Å². The monoisotopic (exact) mass is 218 g/mol. The Balaban J connectivity index is 2.86. The largest absolute Gasteiger partial charge is 0.295 e. The predicted octanol–water partition coefficient (Wildman–Crippen LogP) is 3.00. The first-order chi connectivity index (χ1) is 7.69. The van der Waals surface area contributed by atoms with Crippen molar-refractivity contribution in [1.29, 1.82) is 0 Å². The molecule has 16 heavy (non-hydrogen) atoms. The van der Waals surface area contributed by atoms with Gasteiger partial charge < -0.3 is 0 Å². The molecule has 0 aromatic rings. The van der Waals surface area contributed by atoms with Crippen molar-refractivity contribution in [3.63, 3.8) is 0 Å². The minimum absolute atomic E-state index is 0.0427. The summed E-state index contributed by atoms with van der Waals surface area (Å²) in [5, 5.41) is 0. The first-order valence-corrected chi connectivity index (χ1v) is 5.81. The number of hydrogen-bond acceptors (Lipinski definition) is 2. The zero-order chi connectivity index (χ0) is 12.0. The smallest absolute Gasteiger partial charge is 0.170 e. The quantitative estimate of drug-likeness (QED) is 0.680. The van der Waals surface area contributed by atoms with Crippen LogP contribution in [0.1, 0.15) is 33.1 Å². The van der Waals surface area contributed by atoms with E-state index in [9.17, 15) is 9.59 Å². The summed E-state index contributed by atoms with van der Waals surface area (Å²) in [5.41, 5.74) is 0.545. The average Bonchev–Trinajstić information content (AvgIpc) is 2.28. The Bertz CT molecular complexity index is 359. The number of rotatable bonds is 4. The summed E-state index contributed by atoms with van der Waals surface area (Å²) in [6.45, 7) is 4.01. The highest BCUT2D eigenvalue weighted by Crippen LogP contribution is 2.21. The summed E-state index contributed by atoms with van der Waals surface area (Å²) in [4.78, 5) is 23.4. The fourth-order valence-corrected chi connectivity index (χ4v) is 1.66. The number of carbonyl (C=O) groups excluding carboxylic acids is 2. The molecule has 0 aromatic heterocycles. The summed E-state index contributed by atoms with van der Waals surface area (Å²) in [7, 11) is 0. The maximum Gasteiger partial charge on any atom is 0.170 e. The molecule has 2 heteroatoms. The van der Waals surface area contributed by atoms with Crippen molar-refractivity contribution >= 4 is 11.6 Å². The van der Waals surface area contributed by atoms with Gasteiger partial charge in [0, 0.05) is 17.9 Å². The van der Waals surface area contributed by atoms with Crippen molar-refractivity contribution in [1.82, 2.24) is 0 Å². The van der Waals surface area contributed by atoms with Crippen LogP contribution in [0.25, 0.3) is 0 Å². The van der Waals surface area contributed by atoms with Gasteiger partial charge in [-0.2, -0.15) is 0 Å². The Morgan fingerprint density at radius 3 is 2.56 bits per heavy atom. The van der Waals surface area contributed by atoms with Crippen LogP contribution in [0.3, 0.4) is 0 Å². The van der Waals surface area contributed by atoms with E-state index < -0.39 is 0 Å². The molecule has 0 bridgehead atoms. The molecule has 86 valence electrons. The van der Waals surface area contributed by atoms with Crippen LogP contribution in [0, 0.1) is 5.92 Å². The van der Waals surface area contributed by atoms with E-state index in [0.29, 0.717) is 12.0 Å². The topological polar surface area (TPSA) is 34.1 Å². The highest BCUT2D eigenvalue weighted by Gasteiger charge is 2.25. The number of allylic oxidation sites excluding steroid dienone is 6. The highest BCUT2D eigenvalue weighted by atomic mass is 16.1. The summed E-state index contributed by atoms with van der Waals surface area (Å²) in [6.07, 6.45) is 11.0. The van der Waals surface area contributed by atoms with Crippen molar-refractivity contribution in [2.45, 2.75) is 33.1 Å². The second kappa shape index (κ2) is 6.21. The Labute approximate surface area is 96.7 Å². The van der Waals surface area contributed by atoms with Crippen LogP contribution in [-0.2, 0) is 9.59 Å². The molecule has 1 aliphatic carbocycles. The van der Waals surface area contributed by atoms with Crippen molar-refractivity contribution < 1.29 is 9.59 Å². The lowest BCUT2D eigenvalue weighted by atomic mass is 9.86. The second-order valence-electron chi connectivity index (χ2n) is 3.89. The molecule has 0 N–H and O–H groups in total. The Kier molecular flexibility index (Phi) is 4.90. The average molecular weight is 218 g/mol. The first-order valence-electron chi connectivity index (χ1n) is 5.81. The van der Waals surface area contributed by atoms with Gasteiger partial charge in [0.15, 0.2) is 11.6 Å². The summed E-state index contributed by atoms with van der Waals surface area (Å²) in [5.74, 6) is -0.149. The van der Waals surface area contributed by atoms with Gasteiger partial charge in [0.25, 0.3) is 0 Å². The third-order valence-corrected chi connectivity index (χ3v) is 2.50. The number of Topliss-reactive ketones (excluding diaryl/α,β-unsaturated/α-hetero) is 1. The lowest BCUT2D eigenvalue weighted by molar-refractivity contribution is -0.123. The fraction of sp³-hybridized carbons (Fsp3) is 0.429. The number of hydrogen-bond donors (Lipinski definition) is 0. The maximum absolute atomic E-state index is 12.0. The van der Waals surface area contributed by atoms with E-state index in [-0.39, 0.29) is 17.5 Å². The van der Waals surface area contributed by atoms with E-state index in [0.717, 1.165) is 12.8 Å². The molecule has 0 amide bonds. The lowest BCUT2D eigenvalue weighted by Gasteiger charge is -2.15. The van der Waals surface area contributed by atoms with E-state index in [1.807, 2.05) is 32.1 Å². The fourth-order valence-electron chi connectivity index (χ4n) is 1.66. The molecule has 1 atom stereocenters. The molecule has 0 radical (unpaired) electrons. The summed E-state index contributed by atoms with van der Waals surface area (Å²) < 4.78 is 0. The third kappa shape index (κ3) is 3.30. The predicted molar refractivity (Wildman–Crippen MR) is 65.1 cm³/mol. The zero-order valence-corrected chi connectivity index (χ0v) is 9.90. The van der Waals surface area contributed by atoms with Crippen molar-refractivity contribution in [3.05, 3.63) is 36.0 Å². The molecule has 1 rings (SSSR count). The molecule has 0 aromatic carbocycles. The molecule has 0 heterocycles. The lowest BCUT2D eigenvalue weighted by Crippen LogP contribution is -2.22. The van der Waals surface area contributed by atoms with Gasteiger partial charge in [-0.05, 0) is 18.9 Å². The van der Waals surface area contributed by atoms with Crippen LogP contribution in [-0.4, -0.2) is 11.6 Å². The van der Waals surface area contributed by atoms with Gasteiger partial charge in [-0.1, -0.05) is 38.2 Å². The molecular weight excluding hydrogens is 200 g/mol. The minimum Gasteiger partial charge on any atom is -0.295 e. The van der Waals surface area contributed by atoms with Crippen LogP contribution in [0.5, 0.6) is 0 Å². The maximum atomic E-state index is 12.0. The van der Waals surface area contributed by atoms with Crippen LogP contribution in [0.15, 0.2) is 36.0 Å². The van der Waals surface area contributed by atoms with Crippen LogP contribution in [0.2, 0.25) is 0 Å². The summed E-state index contributed by atoms with van der Waals surface area (Å²) in [6, 6.07) is 0. The first kappa shape index (κ1) is 12.6. The molecule has 0 saturated carbocycles. The van der Waals surface area contributed by atoms with Gasteiger partial charge in [0.1, 0.15) is 0 Å². The minimum atomic E-state index is -0.256. The second-order valence-corrected chi connectivity index (χ2v) is 3.89. The SMILES string of the molecule is CCC=CC1=CC(=O)CC(C=CCC)C1=O. The van der Waals surface area contributed by atoms with E-state index in [4.69, 9.17) is 0 Å². The molecule has 0 fully saturated rings. The van der Waals surface area contributed by atoms with Gasteiger partial charge >= 0.3 is 0 Å². The molecule has 0 aliphatic heterocycles. The van der Waals surface area contributed by atoms with Gasteiger partial charge in [0.2, 0.25) is 0 Å². The molecule has 1 unspecified atom stereocenters. The van der Waals surface area contributed by atoms with Gasteiger partial charge in [-0.15, -0.1) is 0 Å². The Hall–Kier alpha value is -1.44. The molecule has 1 aliphatic rings. The number of carbonyl (C=O) groups is 2. The van der Waals surface area contributed by atoms with Crippen molar-refractivity contribution in [2.24, 2.45) is 5.92 Å². The number of ketones is 2. The van der Waals surface area contributed by atoms with E-state index in [2.05, 4.69) is 0 Å². The van der Waals surface area contributed by atoms with Crippen molar-refractivity contribution in [2.75, 3.05) is 0 Å². The summed E-state index contributed by atoms with van der Waals surface area (Å²) >= 11 is 0. The Morgan fingerprint density at radius 1 is 1.25 bits per heavy atom.